The Kier molecular flexibility index (Phi) is 7.71. The predicted octanol–water partition coefficient (Wildman–Crippen LogP) is 4.94. The van der Waals surface area contributed by atoms with E-state index in [1.807, 2.05) is 53.4 Å². The Morgan fingerprint density at radius 3 is 2.41 bits per heavy atom. The quantitative estimate of drug-likeness (QED) is 0.307. The van der Waals surface area contributed by atoms with Crippen LogP contribution in [0.2, 0.25) is 0 Å². The number of hydrogen-bond acceptors (Lipinski definition) is 5. The van der Waals surface area contributed by atoms with Crippen molar-refractivity contribution in [1.29, 1.82) is 0 Å². The molecule has 2 aromatic carbocycles. The average Bonchev–Trinajstić information content (AvgIpc) is 3.48. The van der Waals surface area contributed by atoms with E-state index >= 15 is 0 Å². The highest BCUT2D eigenvalue weighted by molar-refractivity contribution is 7.80. The van der Waals surface area contributed by atoms with Crippen LogP contribution in [0.5, 0.6) is 0 Å². The number of aromatic nitrogens is 2. The number of morpholine rings is 1. The number of ether oxygens (including phenoxy) is 1. The monoisotopic (exact) mass is 566 g/mol. The highest BCUT2D eigenvalue weighted by atomic mass is 32.1. The Morgan fingerprint density at radius 1 is 1.00 bits per heavy atom. The lowest BCUT2D eigenvalue weighted by molar-refractivity contribution is -0.116. The molecule has 0 saturated carbocycles. The molecule has 9 heteroatoms. The van der Waals surface area contributed by atoms with Crippen LogP contribution in [-0.2, 0) is 9.53 Å². The van der Waals surface area contributed by atoms with Gasteiger partial charge in [0.05, 0.1) is 31.0 Å². The fourth-order valence-corrected chi connectivity index (χ4v) is 6.21. The Balaban J connectivity index is 1.33. The zero-order valence-electron chi connectivity index (χ0n) is 23.3. The first-order chi connectivity index (χ1) is 20.0. The molecule has 8 nitrogen and oxygen atoms in total. The molecule has 2 aromatic heterocycles. The summed E-state index contributed by atoms with van der Waals surface area (Å²) in [7, 11) is 0. The van der Waals surface area contributed by atoms with Crippen LogP contribution in [0.4, 0.5) is 11.4 Å². The molecule has 0 unspecified atom stereocenters. The summed E-state index contributed by atoms with van der Waals surface area (Å²) in [5.41, 5.74) is 7.26. The maximum Gasteiger partial charge on any atom is 0.244 e. The van der Waals surface area contributed by atoms with Crippen LogP contribution in [0.1, 0.15) is 34.7 Å². The van der Waals surface area contributed by atoms with Gasteiger partial charge in [0.1, 0.15) is 6.54 Å². The molecular weight excluding hydrogens is 532 g/mol. The van der Waals surface area contributed by atoms with E-state index in [9.17, 15) is 4.79 Å². The van der Waals surface area contributed by atoms with E-state index in [2.05, 4.69) is 69.3 Å². The molecule has 0 radical (unpaired) electrons. The molecule has 2 aliphatic heterocycles. The van der Waals surface area contributed by atoms with Gasteiger partial charge in [-0.2, -0.15) is 0 Å². The molecule has 0 aliphatic carbocycles. The van der Waals surface area contributed by atoms with Crippen molar-refractivity contribution in [3.8, 4) is 5.69 Å². The third-order valence-corrected chi connectivity index (χ3v) is 8.19. The fraction of sp³-hybridized carbons (Fsp3) is 0.281. The van der Waals surface area contributed by atoms with Gasteiger partial charge in [-0.15, -0.1) is 0 Å². The highest BCUT2D eigenvalue weighted by Crippen LogP contribution is 2.41. The summed E-state index contributed by atoms with van der Waals surface area (Å²) in [6.07, 6.45) is 1.79. The summed E-state index contributed by atoms with van der Waals surface area (Å²) >= 11 is 5.82. The number of hydrogen-bond donors (Lipinski definition) is 2. The topological polar surface area (TPSA) is 74.7 Å². The molecule has 6 rings (SSSR count). The van der Waals surface area contributed by atoms with Crippen LogP contribution in [-0.4, -0.2) is 58.3 Å². The first-order valence-electron chi connectivity index (χ1n) is 13.9. The second-order valence-electron chi connectivity index (χ2n) is 10.4. The van der Waals surface area contributed by atoms with E-state index in [-0.39, 0.29) is 24.5 Å². The number of aryl methyl sites for hydroxylation is 1. The van der Waals surface area contributed by atoms with E-state index in [1.165, 1.54) is 5.69 Å². The van der Waals surface area contributed by atoms with Crippen molar-refractivity contribution >= 4 is 34.6 Å². The Morgan fingerprint density at radius 2 is 1.71 bits per heavy atom. The number of carbonyl (C=O) groups is 1. The number of amides is 1. The zero-order valence-corrected chi connectivity index (χ0v) is 24.1. The van der Waals surface area contributed by atoms with Gasteiger partial charge in [-0.3, -0.25) is 9.78 Å². The molecule has 4 aromatic rings. The van der Waals surface area contributed by atoms with Crippen molar-refractivity contribution in [3.05, 3.63) is 108 Å². The number of thiocarbonyl (C=S) groups is 1. The Labute approximate surface area is 245 Å². The maximum absolute atomic E-state index is 13.2. The van der Waals surface area contributed by atoms with Crippen LogP contribution in [0, 0.1) is 13.8 Å². The number of nitrogens with one attached hydrogen (secondary N) is 2. The lowest BCUT2D eigenvalue weighted by atomic mass is 9.96. The number of nitrogens with zero attached hydrogens (tertiary/aromatic N) is 4. The summed E-state index contributed by atoms with van der Waals surface area (Å²) in [5, 5.41) is 7.01. The molecule has 0 spiro atoms. The minimum Gasteiger partial charge on any atom is -0.378 e. The van der Waals surface area contributed by atoms with Crippen molar-refractivity contribution in [2.75, 3.05) is 43.1 Å². The van der Waals surface area contributed by atoms with Gasteiger partial charge in [0, 0.05) is 47.7 Å². The third-order valence-electron chi connectivity index (χ3n) is 7.84. The Bertz CT molecular complexity index is 1520. The summed E-state index contributed by atoms with van der Waals surface area (Å²) in [6, 6.07) is 25.9. The van der Waals surface area contributed by atoms with E-state index in [0.29, 0.717) is 5.11 Å². The second-order valence-corrected chi connectivity index (χ2v) is 10.8. The van der Waals surface area contributed by atoms with Gasteiger partial charge in [-0.25, -0.2) is 0 Å². The Hall–Kier alpha value is -4.21. The second kappa shape index (κ2) is 11.7. The predicted molar refractivity (Wildman–Crippen MR) is 166 cm³/mol. The SMILES string of the molecule is Cc1cc([C@H]2[C@H](c3ccccn3)NC(=S)N2CC(=O)Nc2ccccc2)c(C)n1-c1ccc(N2CCOCC2)cc1. The molecule has 2 atom stereocenters. The molecular formula is C32H34N6O2S. The van der Waals surface area contributed by atoms with Crippen LogP contribution >= 0.6 is 12.2 Å². The molecule has 41 heavy (non-hydrogen) atoms. The van der Waals surface area contributed by atoms with Crippen LogP contribution in [0.15, 0.2) is 85.1 Å². The molecule has 2 aliphatic rings. The van der Waals surface area contributed by atoms with Crippen molar-refractivity contribution < 1.29 is 9.53 Å². The largest absolute Gasteiger partial charge is 0.378 e. The minimum atomic E-state index is -0.216. The van der Waals surface area contributed by atoms with Gasteiger partial charge in [0.25, 0.3) is 0 Å². The van der Waals surface area contributed by atoms with Gasteiger partial charge in [0.15, 0.2) is 5.11 Å². The summed E-state index contributed by atoms with van der Waals surface area (Å²) < 4.78 is 7.79. The summed E-state index contributed by atoms with van der Waals surface area (Å²) in [6.45, 7) is 7.70. The van der Waals surface area contributed by atoms with Gasteiger partial charge >= 0.3 is 0 Å². The van der Waals surface area contributed by atoms with Gasteiger partial charge in [0.2, 0.25) is 5.91 Å². The number of rotatable bonds is 7. The minimum absolute atomic E-state index is 0.118. The summed E-state index contributed by atoms with van der Waals surface area (Å²) in [4.78, 5) is 22.2. The first-order valence-corrected chi connectivity index (χ1v) is 14.4. The molecule has 2 saturated heterocycles. The molecule has 1 amide bonds. The maximum atomic E-state index is 13.2. The normalized spacial score (nSPS) is 18.8. The number of para-hydroxylation sites is 1. The van der Waals surface area contributed by atoms with Gasteiger partial charge in [-0.05, 0) is 86.2 Å². The van der Waals surface area contributed by atoms with Crippen molar-refractivity contribution in [2.24, 2.45) is 0 Å². The molecule has 0 bridgehead atoms. The van der Waals surface area contributed by atoms with Gasteiger partial charge < -0.3 is 29.7 Å². The van der Waals surface area contributed by atoms with Crippen LogP contribution in [0.3, 0.4) is 0 Å². The van der Waals surface area contributed by atoms with E-state index in [1.54, 1.807) is 6.20 Å². The smallest absolute Gasteiger partial charge is 0.244 e. The number of anilines is 2. The lowest BCUT2D eigenvalue weighted by Crippen LogP contribution is -2.37. The van der Waals surface area contributed by atoms with E-state index in [0.717, 1.165) is 60.3 Å². The van der Waals surface area contributed by atoms with E-state index < -0.39 is 0 Å². The number of carbonyl (C=O) groups excluding carboxylic acids is 1. The van der Waals surface area contributed by atoms with Crippen molar-refractivity contribution in [3.63, 3.8) is 0 Å². The first kappa shape index (κ1) is 27.0. The highest BCUT2D eigenvalue weighted by Gasteiger charge is 2.42. The summed E-state index contributed by atoms with van der Waals surface area (Å²) in [5.74, 6) is -0.125. The molecule has 2 N–H and O–H groups in total. The van der Waals surface area contributed by atoms with Crippen LogP contribution < -0.4 is 15.5 Å². The van der Waals surface area contributed by atoms with Crippen molar-refractivity contribution in [1.82, 2.24) is 19.8 Å². The van der Waals surface area contributed by atoms with Crippen LogP contribution in [0.25, 0.3) is 5.69 Å². The number of benzene rings is 2. The lowest BCUT2D eigenvalue weighted by Gasteiger charge is -2.29. The molecule has 210 valence electrons. The fourth-order valence-electron chi connectivity index (χ4n) is 5.91. The van der Waals surface area contributed by atoms with Crippen molar-refractivity contribution in [2.45, 2.75) is 25.9 Å². The molecule has 4 heterocycles. The number of pyridine rings is 1. The third kappa shape index (κ3) is 5.55. The van der Waals surface area contributed by atoms with E-state index in [4.69, 9.17) is 17.0 Å². The van der Waals surface area contributed by atoms with Gasteiger partial charge in [-0.1, -0.05) is 24.3 Å². The molecule has 2 fully saturated rings. The zero-order chi connectivity index (χ0) is 28.3. The standard InChI is InChI=1S/C32H34N6O2S/c1-22-20-27(23(2)38(22)26-13-11-25(12-14-26)36-16-18-40-19-17-36)31-30(28-10-6-7-15-33-28)35-32(41)37(31)21-29(39)34-24-8-4-3-5-9-24/h3-15,20,30-31H,16-19,21H2,1-2H3,(H,34,39)(H,35,41)/t30-,31-/m0/s1. The average molecular weight is 567 g/mol.